The first-order valence-electron chi connectivity index (χ1n) is 11.5. The minimum Gasteiger partial charge on any atom is -0.342 e. The number of rotatable bonds is 6. The van der Waals surface area contributed by atoms with Crippen LogP contribution in [0.25, 0.3) is 10.2 Å². The lowest BCUT2D eigenvalue weighted by molar-refractivity contribution is -0.136. The molecule has 6 nitrogen and oxygen atoms in total. The Kier molecular flexibility index (Phi) is 5.91. The fourth-order valence-corrected chi connectivity index (χ4v) is 5.40. The van der Waals surface area contributed by atoms with Crippen LogP contribution in [0, 0.1) is 11.8 Å². The van der Waals surface area contributed by atoms with Crippen LogP contribution in [0.5, 0.6) is 0 Å². The highest BCUT2D eigenvalue weighted by molar-refractivity contribution is 7.22. The van der Waals surface area contributed by atoms with Gasteiger partial charge < -0.3 is 4.90 Å². The van der Waals surface area contributed by atoms with E-state index in [-0.39, 0.29) is 23.7 Å². The van der Waals surface area contributed by atoms with Crippen LogP contribution in [0.3, 0.4) is 0 Å². The summed E-state index contributed by atoms with van der Waals surface area (Å²) in [4.78, 5) is 38.9. The molecule has 2 aliphatic rings. The zero-order valence-electron chi connectivity index (χ0n) is 18.4. The fraction of sp³-hybridized carbons (Fsp3) is 0.440. The van der Waals surface area contributed by atoms with E-state index >= 15 is 0 Å². The first-order chi connectivity index (χ1) is 15.6. The summed E-state index contributed by atoms with van der Waals surface area (Å²) in [5.41, 5.74) is 3.18. The Morgan fingerprint density at radius 1 is 1.09 bits per heavy atom. The van der Waals surface area contributed by atoms with Crippen molar-refractivity contribution in [3.05, 3.63) is 53.9 Å². The molecule has 1 saturated carbocycles. The van der Waals surface area contributed by atoms with Crippen molar-refractivity contribution in [2.24, 2.45) is 11.8 Å². The molecule has 0 spiro atoms. The smallest absolute Gasteiger partial charge is 0.232 e. The number of likely N-dealkylation sites (tertiary alicyclic amines) is 1. The third-order valence-electron chi connectivity index (χ3n) is 6.49. The number of aromatic nitrogens is 2. The highest BCUT2D eigenvalue weighted by atomic mass is 32.1. The number of anilines is 1. The quantitative estimate of drug-likeness (QED) is 0.559. The van der Waals surface area contributed by atoms with Gasteiger partial charge in [-0.15, -0.1) is 0 Å². The predicted molar refractivity (Wildman–Crippen MR) is 126 cm³/mol. The fourth-order valence-electron chi connectivity index (χ4n) is 4.36. The summed E-state index contributed by atoms with van der Waals surface area (Å²) >= 11 is 1.57. The second kappa shape index (κ2) is 8.98. The van der Waals surface area contributed by atoms with E-state index in [9.17, 15) is 9.59 Å². The first-order valence-corrected chi connectivity index (χ1v) is 12.3. The highest BCUT2D eigenvalue weighted by Crippen LogP contribution is 2.35. The molecule has 2 amide bonds. The molecule has 1 aromatic carbocycles. The molecule has 0 unspecified atom stereocenters. The summed E-state index contributed by atoms with van der Waals surface area (Å²) < 4.78 is 1.10. The van der Waals surface area contributed by atoms with E-state index in [4.69, 9.17) is 4.98 Å². The van der Waals surface area contributed by atoms with Gasteiger partial charge in [-0.3, -0.25) is 19.5 Å². The first kappa shape index (κ1) is 21.1. The lowest BCUT2D eigenvalue weighted by atomic mass is 9.95. The average Bonchev–Trinajstić information content (AvgIpc) is 3.61. The Bertz CT molecular complexity index is 1120. The molecule has 7 heteroatoms. The molecule has 0 N–H and O–H groups in total. The molecule has 0 atom stereocenters. The summed E-state index contributed by atoms with van der Waals surface area (Å²) in [6.07, 6.45) is 7.99. The topological polar surface area (TPSA) is 66.4 Å². The number of hydrogen-bond donors (Lipinski definition) is 0. The van der Waals surface area contributed by atoms with E-state index < -0.39 is 0 Å². The van der Waals surface area contributed by atoms with Crippen LogP contribution in [0.2, 0.25) is 0 Å². The molecule has 32 heavy (non-hydrogen) atoms. The lowest BCUT2D eigenvalue weighted by Gasteiger charge is -2.33. The third kappa shape index (κ3) is 4.39. The van der Waals surface area contributed by atoms with Crippen LogP contribution >= 0.6 is 11.3 Å². The number of aryl methyl sites for hydroxylation is 1. The molecule has 3 aromatic rings. The Labute approximate surface area is 192 Å². The molecule has 3 heterocycles. The van der Waals surface area contributed by atoms with E-state index in [0.717, 1.165) is 40.2 Å². The molecule has 1 saturated heterocycles. The Hall–Kier alpha value is -2.80. The molecule has 1 aliphatic heterocycles. The van der Waals surface area contributed by atoms with Crippen molar-refractivity contribution >= 4 is 38.5 Å². The van der Waals surface area contributed by atoms with Crippen molar-refractivity contribution in [3.8, 4) is 0 Å². The van der Waals surface area contributed by atoms with Gasteiger partial charge in [-0.2, -0.15) is 0 Å². The Balaban J connectivity index is 1.38. The van der Waals surface area contributed by atoms with Crippen molar-refractivity contribution in [2.75, 3.05) is 18.0 Å². The van der Waals surface area contributed by atoms with Crippen LogP contribution < -0.4 is 4.90 Å². The summed E-state index contributed by atoms with van der Waals surface area (Å²) in [6.45, 7) is 3.94. The number of benzene rings is 1. The number of amides is 2. The normalized spacial score (nSPS) is 17.0. The van der Waals surface area contributed by atoms with Crippen molar-refractivity contribution in [1.82, 2.24) is 14.9 Å². The highest BCUT2D eigenvalue weighted by Gasteiger charge is 2.37. The number of nitrogens with zero attached hydrogens (tertiary/aromatic N) is 4. The number of fused-ring (bicyclic) bond motifs is 1. The van der Waals surface area contributed by atoms with Crippen LogP contribution in [0.1, 0.15) is 43.7 Å². The number of piperidine rings is 1. The standard InChI is InChI=1S/C25H28N4O2S/c1-2-17-5-8-21-22(14-17)32-25(27-21)29(16-18-4-3-11-26-15-18)24(31)20-9-12-28(13-10-20)23(30)19-6-7-19/h3-5,8,11,14-15,19-20H,2,6-7,9-10,12-13,16H2,1H3. The van der Waals surface area contributed by atoms with Crippen LogP contribution in [-0.4, -0.2) is 39.8 Å². The Morgan fingerprint density at radius 3 is 2.59 bits per heavy atom. The summed E-state index contributed by atoms with van der Waals surface area (Å²) in [5.74, 6) is 0.524. The van der Waals surface area contributed by atoms with Gasteiger partial charge in [0, 0.05) is 37.3 Å². The molecule has 2 aromatic heterocycles. The number of thiazole rings is 1. The van der Waals surface area contributed by atoms with E-state index in [0.29, 0.717) is 32.5 Å². The van der Waals surface area contributed by atoms with Crippen molar-refractivity contribution < 1.29 is 9.59 Å². The maximum absolute atomic E-state index is 13.7. The summed E-state index contributed by atoms with van der Waals surface area (Å²) in [5, 5.41) is 0.735. The Morgan fingerprint density at radius 2 is 1.91 bits per heavy atom. The largest absolute Gasteiger partial charge is 0.342 e. The molecule has 0 bridgehead atoms. The van der Waals surface area contributed by atoms with Gasteiger partial charge in [-0.05, 0) is 61.4 Å². The van der Waals surface area contributed by atoms with Crippen LogP contribution in [0.4, 0.5) is 5.13 Å². The summed E-state index contributed by atoms with van der Waals surface area (Å²) in [7, 11) is 0. The minimum absolute atomic E-state index is 0.0897. The van der Waals surface area contributed by atoms with Gasteiger partial charge in [-0.1, -0.05) is 30.4 Å². The zero-order valence-corrected chi connectivity index (χ0v) is 19.2. The van der Waals surface area contributed by atoms with E-state index in [1.807, 2.05) is 28.0 Å². The molecule has 0 radical (unpaired) electrons. The summed E-state index contributed by atoms with van der Waals surface area (Å²) in [6, 6.07) is 10.2. The monoisotopic (exact) mass is 448 g/mol. The van der Waals surface area contributed by atoms with Gasteiger partial charge in [0.25, 0.3) is 0 Å². The third-order valence-corrected chi connectivity index (χ3v) is 7.53. The molecule has 166 valence electrons. The van der Waals surface area contributed by atoms with Gasteiger partial charge in [-0.25, -0.2) is 4.98 Å². The van der Waals surface area contributed by atoms with Crippen molar-refractivity contribution in [3.63, 3.8) is 0 Å². The van der Waals surface area contributed by atoms with Crippen molar-refractivity contribution in [1.29, 1.82) is 0 Å². The number of pyridine rings is 1. The molecule has 5 rings (SSSR count). The molecule has 2 fully saturated rings. The molecular weight excluding hydrogens is 420 g/mol. The lowest BCUT2D eigenvalue weighted by Crippen LogP contribution is -2.44. The molecular formula is C25H28N4O2S. The van der Waals surface area contributed by atoms with E-state index in [1.165, 1.54) is 5.56 Å². The molecule has 1 aliphatic carbocycles. The van der Waals surface area contributed by atoms with Gasteiger partial charge in [0.2, 0.25) is 11.8 Å². The minimum atomic E-state index is -0.0897. The van der Waals surface area contributed by atoms with Gasteiger partial charge in [0.1, 0.15) is 0 Å². The number of carbonyl (C=O) groups excluding carboxylic acids is 2. The van der Waals surface area contributed by atoms with Crippen LogP contribution in [0.15, 0.2) is 42.7 Å². The van der Waals surface area contributed by atoms with Gasteiger partial charge in [0.05, 0.1) is 16.8 Å². The van der Waals surface area contributed by atoms with Gasteiger partial charge >= 0.3 is 0 Å². The maximum atomic E-state index is 13.7. The van der Waals surface area contributed by atoms with E-state index in [1.54, 1.807) is 23.7 Å². The van der Waals surface area contributed by atoms with Gasteiger partial charge in [0.15, 0.2) is 5.13 Å². The SMILES string of the molecule is CCc1ccc2nc(N(Cc3cccnc3)C(=O)C3CCN(C(=O)C4CC4)CC3)sc2c1. The number of carbonyl (C=O) groups is 2. The number of hydrogen-bond acceptors (Lipinski definition) is 5. The van der Waals surface area contributed by atoms with Crippen LogP contribution in [-0.2, 0) is 22.6 Å². The second-order valence-electron chi connectivity index (χ2n) is 8.81. The predicted octanol–water partition coefficient (Wildman–Crippen LogP) is 4.44. The van der Waals surface area contributed by atoms with Crippen molar-refractivity contribution in [2.45, 2.75) is 45.6 Å². The van der Waals surface area contributed by atoms with E-state index in [2.05, 4.69) is 24.0 Å². The maximum Gasteiger partial charge on any atom is 0.232 e. The average molecular weight is 449 g/mol. The second-order valence-corrected chi connectivity index (χ2v) is 9.82. The zero-order chi connectivity index (χ0) is 22.1.